The first kappa shape index (κ1) is 20.0. The van der Waals surface area contributed by atoms with Crippen molar-refractivity contribution in [1.82, 2.24) is 4.98 Å². The Hall–Kier alpha value is -3.74. The summed E-state index contributed by atoms with van der Waals surface area (Å²) >= 11 is 0. The molecule has 0 bridgehead atoms. The van der Waals surface area contributed by atoms with Crippen molar-refractivity contribution in [3.05, 3.63) is 71.9 Å². The Balaban J connectivity index is 1.68. The van der Waals surface area contributed by atoms with Gasteiger partial charge in [0.1, 0.15) is 5.82 Å². The third-order valence-corrected chi connectivity index (χ3v) is 4.26. The number of carbonyl (C=O) groups is 1. The number of methoxy groups -OCH3 is 3. The van der Waals surface area contributed by atoms with E-state index in [9.17, 15) is 4.79 Å². The molecule has 0 atom stereocenters. The summed E-state index contributed by atoms with van der Waals surface area (Å²) in [6.07, 6.45) is 1.53. The van der Waals surface area contributed by atoms with Gasteiger partial charge in [0.25, 0.3) is 5.91 Å². The van der Waals surface area contributed by atoms with Gasteiger partial charge in [0, 0.05) is 30.6 Å². The van der Waals surface area contributed by atoms with Crippen molar-refractivity contribution in [3.8, 4) is 17.2 Å². The quantitative estimate of drug-likeness (QED) is 0.603. The molecule has 1 heterocycles. The van der Waals surface area contributed by atoms with E-state index in [0.29, 0.717) is 40.9 Å². The van der Waals surface area contributed by atoms with E-state index in [1.165, 1.54) is 27.5 Å². The second kappa shape index (κ2) is 9.45. The van der Waals surface area contributed by atoms with Gasteiger partial charge in [-0.15, -0.1) is 0 Å². The molecule has 7 nitrogen and oxygen atoms in total. The fraction of sp³-hybridized carbons (Fsp3) is 0.182. The van der Waals surface area contributed by atoms with Gasteiger partial charge >= 0.3 is 0 Å². The Bertz CT molecular complexity index is 935. The number of benzene rings is 2. The first-order valence-electron chi connectivity index (χ1n) is 8.99. The Kier molecular flexibility index (Phi) is 6.52. The van der Waals surface area contributed by atoms with Crippen molar-refractivity contribution in [1.29, 1.82) is 0 Å². The Labute approximate surface area is 169 Å². The maximum absolute atomic E-state index is 12.6. The summed E-state index contributed by atoms with van der Waals surface area (Å²) in [6, 6.07) is 16.8. The minimum absolute atomic E-state index is 0.290. The molecule has 0 saturated carbocycles. The highest BCUT2D eigenvalue weighted by Crippen LogP contribution is 2.40. The second-order valence-corrected chi connectivity index (χ2v) is 6.14. The van der Waals surface area contributed by atoms with Crippen molar-refractivity contribution in [2.75, 3.05) is 32.0 Å². The minimum atomic E-state index is -0.290. The summed E-state index contributed by atoms with van der Waals surface area (Å²) in [5.74, 6) is 1.78. The number of hydrogen-bond donors (Lipinski definition) is 2. The van der Waals surface area contributed by atoms with Crippen molar-refractivity contribution < 1.29 is 19.0 Å². The summed E-state index contributed by atoms with van der Waals surface area (Å²) in [5, 5.41) is 6.05. The SMILES string of the molecule is COc1cc(NC(=O)c2ccc(NCc3ccccc3)nc2)cc(OC)c1OC. The van der Waals surface area contributed by atoms with Crippen LogP contribution in [-0.2, 0) is 6.54 Å². The average Bonchev–Trinajstić information content (AvgIpc) is 2.77. The molecule has 7 heteroatoms. The number of anilines is 2. The maximum atomic E-state index is 12.6. The fourth-order valence-corrected chi connectivity index (χ4v) is 2.78. The molecule has 0 saturated heterocycles. The van der Waals surface area contributed by atoms with E-state index in [1.807, 2.05) is 30.3 Å². The van der Waals surface area contributed by atoms with Crippen LogP contribution in [0.25, 0.3) is 0 Å². The highest BCUT2D eigenvalue weighted by atomic mass is 16.5. The molecule has 0 aliphatic heterocycles. The molecule has 2 aromatic carbocycles. The van der Waals surface area contributed by atoms with E-state index >= 15 is 0 Å². The standard InChI is InChI=1S/C22H23N3O4/c1-27-18-11-17(12-19(28-2)21(18)29-3)25-22(26)16-9-10-20(24-14-16)23-13-15-7-5-4-6-8-15/h4-12,14H,13H2,1-3H3,(H,23,24)(H,25,26). The molecular formula is C22H23N3O4. The predicted molar refractivity (Wildman–Crippen MR) is 112 cm³/mol. The van der Waals surface area contributed by atoms with Gasteiger partial charge in [0.2, 0.25) is 5.75 Å². The molecule has 0 unspecified atom stereocenters. The lowest BCUT2D eigenvalue weighted by Crippen LogP contribution is -2.13. The van der Waals surface area contributed by atoms with Crippen LogP contribution in [0.3, 0.4) is 0 Å². The van der Waals surface area contributed by atoms with Crippen molar-refractivity contribution in [3.63, 3.8) is 0 Å². The van der Waals surface area contributed by atoms with E-state index in [-0.39, 0.29) is 5.91 Å². The molecule has 0 aliphatic carbocycles. The number of hydrogen-bond acceptors (Lipinski definition) is 6. The highest BCUT2D eigenvalue weighted by Gasteiger charge is 2.15. The molecule has 1 aromatic heterocycles. The lowest BCUT2D eigenvalue weighted by molar-refractivity contribution is 0.102. The molecule has 0 aliphatic rings. The zero-order valence-corrected chi connectivity index (χ0v) is 16.6. The van der Waals surface area contributed by atoms with E-state index in [4.69, 9.17) is 14.2 Å². The third-order valence-electron chi connectivity index (χ3n) is 4.26. The van der Waals surface area contributed by atoms with Crippen LogP contribution in [0, 0.1) is 0 Å². The van der Waals surface area contributed by atoms with E-state index in [0.717, 1.165) is 5.56 Å². The van der Waals surface area contributed by atoms with Crippen LogP contribution in [0.4, 0.5) is 11.5 Å². The number of carbonyl (C=O) groups excluding carboxylic acids is 1. The zero-order chi connectivity index (χ0) is 20.6. The van der Waals surface area contributed by atoms with Crippen LogP contribution in [0.5, 0.6) is 17.2 Å². The van der Waals surface area contributed by atoms with Gasteiger partial charge in [-0.3, -0.25) is 4.79 Å². The van der Waals surface area contributed by atoms with Gasteiger partial charge in [-0.1, -0.05) is 30.3 Å². The molecule has 2 N–H and O–H groups in total. The molecule has 0 spiro atoms. The number of nitrogens with one attached hydrogen (secondary N) is 2. The van der Waals surface area contributed by atoms with E-state index < -0.39 is 0 Å². The Morgan fingerprint density at radius 2 is 1.62 bits per heavy atom. The van der Waals surface area contributed by atoms with Crippen LogP contribution in [0.15, 0.2) is 60.8 Å². The molecule has 29 heavy (non-hydrogen) atoms. The topological polar surface area (TPSA) is 81.7 Å². The lowest BCUT2D eigenvalue weighted by atomic mass is 10.2. The normalized spacial score (nSPS) is 10.2. The number of rotatable bonds is 8. The first-order chi connectivity index (χ1) is 14.1. The lowest BCUT2D eigenvalue weighted by Gasteiger charge is -2.14. The second-order valence-electron chi connectivity index (χ2n) is 6.14. The van der Waals surface area contributed by atoms with Crippen molar-refractivity contribution in [2.45, 2.75) is 6.54 Å². The molecule has 3 aromatic rings. The molecule has 3 rings (SSSR count). The number of ether oxygens (including phenoxy) is 3. The van der Waals surface area contributed by atoms with Crippen LogP contribution in [0.2, 0.25) is 0 Å². The summed E-state index contributed by atoms with van der Waals surface area (Å²) in [6.45, 7) is 0.658. The van der Waals surface area contributed by atoms with E-state index in [1.54, 1.807) is 24.3 Å². The van der Waals surface area contributed by atoms with Gasteiger partial charge in [0.05, 0.1) is 26.9 Å². The van der Waals surface area contributed by atoms with Crippen LogP contribution in [-0.4, -0.2) is 32.2 Å². The summed E-state index contributed by atoms with van der Waals surface area (Å²) in [7, 11) is 4.57. The van der Waals surface area contributed by atoms with Crippen molar-refractivity contribution in [2.24, 2.45) is 0 Å². The monoisotopic (exact) mass is 393 g/mol. The zero-order valence-electron chi connectivity index (χ0n) is 16.6. The van der Waals surface area contributed by atoms with Gasteiger partial charge in [0.15, 0.2) is 11.5 Å². The highest BCUT2D eigenvalue weighted by molar-refractivity contribution is 6.04. The average molecular weight is 393 g/mol. The summed E-state index contributed by atoms with van der Waals surface area (Å²) in [4.78, 5) is 16.9. The van der Waals surface area contributed by atoms with Crippen LogP contribution >= 0.6 is 0 Å². The molecular weight excluding hydrogens is 370 g/mol. The molecule has 150 valence electrons. The molecule has 0 fully saturated rings. The van der Waals surface area contributed by atoms with Crippen LogP contribution < -0.4 is 24.8 Å². The van der Waals surface area contributed by atoms with Gasteiger partial charge < -0.3 is 24.8 Å². The van der Waals surface area contributed by atoms with Crippen molar-refractivity contribution >= 4 is 17.4 Å². The largest absolute Gasteiger partial charge is 0.493 e. The number of amides is 1. The number of aromatic nitrogens is 1. The number of nitrogens with zero attached hydrogens (tertiary/aromatic N) is 1. The van der Waals surface area contributed by atoms with Crippen LogP contribution in [0.1, 0.15) is 15.9 Å². The summed E-state index contributed by atoms with van der Waals surface area (Å²) < 4.78 is 15.9. The first-order valence-corrected chi connectivity index (χ1v) is 8.99. The maximum Gasteiger partial charge on any atom is 0.257 e. The fourth-order valence-electron chi connectivity index (χ4n) is 2.78. The Morgan fingerprint density at radius 3 is 2.17 bits per heavy atom. The predicted octanol–water partition coefficient (Wildman–Crippen LogP) is 3.97. The smallest absolute Gasteiger partial charge is 0.257 e. The van der Waals surface area contributed by atoms with Gasteiger partial charge in [-0.25, -0.2) is 4.98 Å². The van der Waals surface area contributed by atoms with Gasteiger partial charge in [-0.2, -0.15) is 0 Å². The molecule has 1 amide bonds. The summed E-state index contributed by atoms with van der Waals surface area (Å²) in [5.41, 5.74) is 2.11. The van der Waals surface area contributed by atoms with E-state index in [2.05, 4.69) is 15.6 Å². The third kappa shape index (κ3) is 4.95. The molecule has 0 radical (unpaired) electrons. The Morgan fingerprint density at radius 1 is 0.931 bits per heavy atom. The number of pyridine rings is 1. The minimum Gasteiger partial charge on any atom is -0.493 e. The van der Waals surface area contributed by atoms with Gasteiger partial charge in [-0.05, 0) is 17.7 Å².